The van der Waals surface area contributed by atoms with E-state index in [1.807, 2.05) is 50.4 Å². The van der Waals surface area contributed by atoms with Crippen molar-refractivity contribution in [2.24, 2.45) is 5.92 Å². The summed E-state index contributed by atoms with van der Waals surface area (Å²) in [5, 5.41) is 7.73. The molecule has 1 N–H and O–H groups in total. The molecule has 128 valence electrons. The van der Waals surface area contributed by atoms with Crippen LogP contribution in [0.2, 0.25) is 5.02 Å². The van der Waals surface area contributed by atoms with Crippen LogP contribution >= 0.6 is 11.6 Å². The second-order valence-corrected chi connectivity index (χ2v) is 6.55. The maximum absolute atomic E-state index is 12.8. The van der Waals surface area contributed by atoms with Crippen LogP contribution in [0.1, 0.15) is 25.3 Å². The topological polar surface area (TPSA) is 59.8 Å². The van der Waals surface area contributed by atoms with Gasteiger partial charge in [-0.25, -0.2) is 9.67 Å². The van der Waals surface area contributed by atoms with E-state index in [1.165, 1.54) is 0 Å². The second kappa shape index (κ2) is 7.49. The predicted octanol–water partition coefficient (Wildman–Crippen LogP) is 4.30. The van der Waals surface area contributed by atoms with E-state index in [4.69, 9.17) is 11.6 Å². The number of pyridine rings is 1. The highest BCUT2D eigenvalue weighted by molar-refractivity contribution is 6.30. The summed E-state index contributed by atoms with van der Waals surface area (Å²) in [6.07, 6.45) is 5.14. The summed E-state index contributed by atoms with van der Waals surface area (Å²) in [6, 6.07) is 12.9. The van der Waals surface area contributed by atoms with Crippen molar-refractivity contribution in [1.29, 1.82) is 0 Å². The van der Waals surface area contributed by atoms with Crippen LogP contribution in [0.3, 0.4) is 0 Å². The third-order valence-corrected chi connectivity index (χ3v) is 4.18. The number of halogens is 1. The maximum atomic E-state index is 12.8. The van der Waals surface area contributed by atoms with Gasteiger partial charge in [-0.05, 0) is 41.8 Å². The van der Waals surface area contributed by atoms with Crippen LogP contribution in [0.25, 0.3) is 5.82 Å². The van der Waals surface area contributed by atoms with Gasteiger partial charge in [-0.2, -0.15) is 5.10 Å². The minimum atomic E-state index is -0.261. The lowest BCUT2D eigenvalue weighted by Gasteiger charge is -2.21. The number of carbonyl (C=O) groups is 1. The van der Waals surface area contributed by atoms with E-state index in [-0.39, 0.29) is 17.7 Å². The molecule has 0 spiro atoms. The molecule has 0 aliphatic rings. The summed E-state index contributed by atoms with van der Waals surface area (Å²) in [6.45, 7) is 4.05. The van der Waals surface area contributed by atoms with Gasteiger partial charge in [0.1, 0.15) is 0 Å². The van der Waals surface area contributed by atoms with Gasteiger partial charge in [-0.3, -0.25) is 4.79 Å². The average Bonchev–Trinajstić information content (AvgIpc) is 3.12. The van der Waals surface area contributed by atoms with Crippen molar-refractivity contribution in [2.75, 3.05) is 5.32 Å². The standard InChI is InChI=1S/C19H19ClN4O/c1-13(2)18(14-4-6-15(20)7-5-14)19(25)23-16-8-9-17(21-12-16)24-11-3-10-22-24/h3-13,18H,1-2H3,(H,23,25)/t18-/m0/s1. The lowest BCUT2D eigenvalue weighted by molar-refractivity contribution is -0.118. The Kier molecular flexibility index (Phi) is 5.14. The first-order valence-corrected chi connectivity index (χ1v) is 8.45. The molecule has 6 heteroatoms. The summed E-state index contributed by atoms with van der Waals surface area (Å²) >= 11 is 5.95. The molecule has 3 rings (SSSR count). The number of nitrogens with one attached hydrogen (secondary N) is 1. The van der Waals surface area contributed by atoms with Crippen molar-refractivity contribution in [3.05, 3.63) is 71.6 Å². The molecule has 25 heavy (non-hydrogen) atoms. The Bertz CT molecular complexity index is 827. The molecule has 1 amide bonds. The van der Waals surface area contributed by atoms with Crippen molar-refractivity contribution < 1.29 is 4.79 Å². The number of hydrogen-bond donors (Lipinski definition) is 1. The van der Waals surface area contributed by atoms with Gasteiger partial charge in [-0.15, -0.1) is 0 Å². The molecule has 0 saturated carbocycles. The minimum absolute atomic E-state index is 0.0639. The monoisotopic (exact) mass is 354 g/mol. The largest absolute Gasteiger partial charge is 0.324 e. The molecule has 0 fully saturated rings. The van der Waals surface area contributed by atoms with E-state index < -0.39 is 0 Å². The molecule has 0 bridgehead atoms. The average molecular weight is 355 g/mol. The smallest absolute Gasteiger partial charge is 0.232 e. The minimum Gasteiger partial charge on any atom is -0.324 e. The SMILES string of the molecule is CC(C)[C@H](C(=O)Nc1ccc(-n2cccn2)nc1)c1ccc(Cl)cc1. The zero-order valence-electron chi connectivity index (χ0n) is 14.1. The first-order valence-electron chi connectivity index (χ1n) is 8.07. The third kappa shape index (κ3) is 4.06. The van der Waals surface area contributed by atoms with E-state index in [1.54, 1.807) is 29.2 Å². The van der Waals surface area contributed by atoms with Gasteiger partial charge in [0.15, 0.2) is 5.82 Å². The molecule has 1 atom stereocenters. The second-order valence-electron chi connectivity index (χ2n) is 6.12. The van der Waals surface area contributed by atoms with Crippen molar-refractivity contribution >= 4 is 23.2 Å². The molecule has 5 nitrogen and oxygen atoms in total. The quantitative estimate of drug-likeness (QED) is 0.743. The molecule has 1 aromatic carbocycles. The molecule has 3 aromatic rings. The summed E-state index contributed by atoms with van der Waals surface area (Å²) in [5.41, 5.74) is 1.60. The number of carbonyl (C=O) groups excluding carboxylic acids is 1. The van der Waals surface area contributed by atoms with E-state index in [0.29, 0.717) is 16.5 Å². The zero-order valence-corrected chi connectivity index (χ0v) is 14.8. The zero-order chi connectivity index (χ0) is 17.8. The number of rotatable bonds is 5. The van der Waals surface area contributed by atoms with Crippen molar-refractivity contribution in [2.45, 2.75) is 19.8 Å². The molecule has 0 unspecified atom stereocenters. The molecule has 0 radical (unpaired) electrons. The highest BCUT2D eigenvalue weighted by atomic mass is 35.5. The fourth-order valence-corrected chi connectivity index (χ4v) is 2.85. The Morgan fingerprint density at radius 1 is 1.16 bits per heavy atom. The number of nitrogens with zero attached hydrogens (tertiary/aromatic N) is 3. The molecule has 2 heterocycles. The first-order chi connectivity index (χ1) is 12.0. The van der Waals surface area contributed by atoms with Gasteiger partial charge in [0.05, 0.1) is 17.8 Å². The summed E-state index contributed by atoms with van der Waals surface area (Å²) in [4.78, 5) is 17.1. The van der Waals surface area contributed by atoms with Crippen molar-refractivity contribution in [3.63, 3.8) is 0 Å². The Hall–Kier alpha value is -2.66. The van der Waals surface area contributed by atoms with Crippen LogP contribution in [0, 0.1) is 5.92 Å². The highest BCUT2D eigenvalue weighted by Gasteiger charge is 2.24. The number of anilines is 1. The number of benzene rings is 1. The molecular formula is C19H19ClN4O. The van der Waals surface area contributed by atoms with Crippen molar-refractivity contribution in [1.82, 2.24) is 14.8 Å². The molecule has 2 aromatic heterocycles. The van der Waals surface area contributed by atoms with E-state index in [0.717, 1.165) is 5.56 Å². The molecule has 0 aliphatic carbocycles. The molecule has 0 saturated heterocycles. The summed E-state index contributed by atoms with van der Waals surface area (Å²) in [7, 11) is 0. The van der Waals surface area contributed by atoms with Crippen LogP contribution < -0.4 is 5.32 Å². The molecule has 0 aliphatic heterocycles. The van der Waals surface area contributed by atoms with Gasteiger partial charge in [0, 0.05) is 17.4 Å². The summed E-state index contributed by atoms with van der Waals surface area (Å²) in [5.74, 6) is 0.521. The Balaban J connectivity index is 1.76. The predicted molar refractivity (Wildman–Crippen MR) is 99.0 cm³/mol. The van der Waals surface area contributed by atoms with E-state index >= 15 is 0 Å². The van der Waals surface area contributed by atoms with Crippen LogP contribution in [0.5, 0.6) is 0 Å². The fraction of sp³-hybridized carbons (Fsp3) is 0.211. The van der Waals surface area contributed by atoms with Crippen LogP contribution in [0.15, 0.2) is 61.1 Å². The van der Waals surface area contributed by atoms with Gasteiger partial charge in [0.2, 0.25) is 5.91 Å². The van der Waals surface area contributed by atoms with E-state index in [2.05, 4.69) is 15.4 Å². The lowest BCUT2D eigenvalue weighted by atomic mass is 9.87. The number of aromatic nitrogens is 3. The van der Waals surface area contributed by atoms with Crippen LogP contribution in [-0.2, 0) is 4.79 Å². The third-order valence-electron chi connectivity index (χ3n) is 3.93. The van der Waals surface area contributed by atoms with Crippen molar-refractivity contribution in [3.8, 4) is 5.82 Å². The van der Waals surface area contributed by atoms with Crippen LogP contribution in [0.4, 0.5) is 5.69 Å². The Labute approximate surface area is 151 Å². The van der Waals surface area contributed by atoms with Gasteiger partial charge in [-0.1, -0.05) is 37.6 Å². The fourth-order valence-electron chi connectivity index (χ4n) is 2.73. The maximum Gasteiger partial charge on any atom is 0.232 e. The Morgan fingerprint density at radius 2 is 1.92 bits per heavy atom. The highest BCUT2D eigenvalue weighted by Crippen LogP contribution is 2.27. The molecular weight excluding hydrogens is 336 g/mol. The number of hydrogen-bond acceptors (Lipinski definition) is 3. The van der Waals surface area contributed by atoms with Gasteiger partial charge >= 0.3 is 0 Å². The Morgan fingerprint density at radius 3 is 2.48 bits per heavy atom. The van der Waals surface area contributed by atoms with Gasteiger partial charge in [0.25, 0.3) is 0 Å². The van der Waals surface area contributed by atoms with E-state index in [9.17, 15) is 4.79 Å². The first kappa shape index (κ1) is 17.2. The summed E-state index contributed by atoms with van der Waals surface area (Å²) < 4.78 is 1.66. The normalized spacial score (nSPS) is 12.2. The lowest BCUT2D eigenvalue weighted by Crippen LogP contribution is -2.25. The number of amides is 1. The van der Waals surface area contributed by atoms with Crippen LogP contribution in [-0.4, -0.2) is 20.7 Å². The van der Waals surface area contributed by atoms with Gasteiger partial charge < -0.3 is 5.32 Å².